The topological polar surface area (TPSA) is 84.0 Å². The van der Waals surface area contributed by atoms with E-state index in [9.17, 15) is 18.0 Å². The van der Waals surface area contributed by atoms with Crippen molar-refractivity contribution in [3.05, 3.63) is 53.6 Å². The number of benzene rings is 2. The second-order valence-electron chi connectivity index (χ2n) is 5.61. The first-order chi connectivity index (χ1) is 11.8. The molecule has 0 fully saturated rings. The van der Waals surface area contributed by atoms with E-state index in [0.29, 0.717) is 11.1 Å². The van der Waals surface area contributed by atoms with Crippen LogP contribution >= 0.6 is 0 Å². The van der Waals surface area contributed by atoms with Crippen molar-refractivity contribution in [1.29, 1.82) is 0 Å². The van der Waals surface area contributed by atoms with Gasteiger partial charge in [-0.05, 0) is 24.3 Å². The van der Waals surface area contributed by atoms with Crippen molar-refractivity contribution in [3.8, 4) is 5.75 Å². The summed E-state index contributed by atoms with van der Waals surface area (Å²) >= 11 is 0. The van der Waals surface area contributed by atoms with Crippen LogP contribution in [0.15, 0.2) is 47.4 Å². The summed E-state index contributed by atoms with van der Waals surface area (Å²) in [5.41, 5.74) is 0.811. The van der Waals surface area contributed by atoms with Crippen molar-refractivity contribution < 1.29 is 22.7 Å². The molecule has 2 amide bonds. The van der Waals surface area contributed by atoms with Gasteiger partial charge in [0.25, 0.3) is 11.8 Å². The fourth-order valence-electron chi connectivity index (χ4n) is 2.62. The molecule has 7 nitrogen and oxygen atoms in total. The van der Waals surface area contributed by atoms with Crippen LogP contribution in [-0.2, 0) is 10.0 Å². The highest BCUT2D eigenvalue weighted by Crippen LogP contribution is 2.36. The summed E-state index contributed by atoms with van der Waals surface area (Å²) < 4.78 is 30.8. The zero-order valence-electron chi connectivity index (χ0n) is 13.9. The SMILES string of the molecule is COc1cc(S(=O)(=O)N(C)C)ccc1N1C(=O)c2ccccc2C1=O. The van der Waals surface area contributed by atoms with E-state index in [-0.39, 0.29) is 16.3 Å². The molecule has 0 atom stereocenters. The van der Waals surface area contributed by atoms with Crippen molar-refractivity contribution in [2.24, 2.45) is 0 Å². The third-order valence-corrected chi connectivity index (χ3v) is 5.78. The van der Waals surface area contributed by atoms with Crippen molar-refractivity contribution in [1.82, 2.24) is 4.31 Å². The molecule has 2 aromatic rings. The number of rotatable bonds is 4. The second kappa shape index (κ2) is 5.98. The van der Waals surface area contributed by atoms with Crippen molar-refractivity contribution in [2.75, 3.05) is 26.1 Å². The van der Waals surface area contributed by atoms with Gasteiger partial charge >= 0.3 is 0 Å². The number of methoxy groups -OCH3 is 1. The van der Waals surface area contributed by atoms with E-state index < -0.39 is 21.8 Å². The molecule has 0 saturated heterocycles. The molecule has 0 bridgehead atoms. The lowest BCUT2D eigenvalue weighted by molar-refractivity contribution is 0.0925. The van der Waals surface area contributed by atoms with Gasteiger partial charge in [0.15, 0.2) is 0 Å². The molecule has 1 heterocycles. The van der Waals surface area contributed by atoms with Crippen LogP contribution in [0.1, 0.15) is 20.7 Å². The summed E-state index contributed by atoms with van der Waals surface area (Å²) in [6, 6.07) is 10.6. The molecule has 0 aliphatic carbocycles. The smallest absolute Gasteiger partial charge is 0.266 e. The van der Waals surface area contributed by atoms with E-state index >= 15 is 0 Å². The van der Waals surface area contributed by atoms with Crippen LogP contribution in [0, 0.1) is 0 Å². The van der Waals surface area contributed by atoms with Gasteiger partial charge in [-0.25, -0.2) is 17.6 Å². The molecule has 0 spiro atoms. The maximum Gasteiger partial charge on any atom is 0.266 e. The summed E-state index contributed by atoms with van der Waals surface area (Å²) in [7, 11) is 0.518. The molecule has 130 valence electrons. The number of anilines is 1. The number of imide groups is 1. The zero-order valence-corrected chi connectivity index (χ0v) is 14.7. The minimum absolute atomic E-state index is 0.00899. The van der Waals surface area contributed by atoms with E-state index in [1.54, 1.807) is 24.3 Å². The lowest BCUT2D eigenvalue weighted by atomic mass is 10.1. The van der Waals surface area contributed by atoms with Crippen LogP contribution in [0.3, 0.4) is 0 Å². The fraction of sp³-hybridized carbons (Fsp3) is 0.176. The fourth-order valence-corrected chi connectivity index (χ4v) is 3.54. The number of hydrogen-bond donors (Lipinski definition) is 0. The normalized spacial score (nSPS) is 14.2. The van der Waals surface area contributed by atoms with Gasteiger partial charge in [0.1, 0.15) is 5.75 Å². The molecule has 2 aromatic carbocycles. The van der Waals surface area contributed by atoms with Gasteiger partial charge in [-0.1, -0.05) is 12.1 Å². The minimum atomic E-state index is -3.67. The van der Waals surface area contributed by atoms with Crippen LogP contribution in [0.25, 0.3) is 0 Å². The Kier molecular flexibility index (Phi) is 4.09. The molecule has 0 radical (unpaired) electrons. The third kappa shape index (κ3) is 2.59. The Morgan fingerprint density at radius 1 is 0.960 bits per heavy atom. The van der Waals surface area contributed by atoms with Crippen LogP contribution < -0.4 is 9.64 Å². The van der Waals surface area contributed by atoms with E-state index in [0.717, 1.165) is 9.21 Å². The number of nitrogens with zero attached hydrogens (tertiary/aromatic N) is 2. The van der Waals surface area contributed by atoms with Gasteiger partial charge in [0.05, 0.1) is 28.8 Å². The average Bonchev–Trinajstić information content (AvgIpc) is 2.85. The van der Waals surface area contributed by atoms with Gasteiger partial charge in [-0.2, -0.15) is 0 Å². The van der Waals surface area contributed by atoms with Gasteiger partial charge in [-0.15, -0.1) is 0 Å². The highest BCUT2D eigenvalue weighted by Gasteiger charge is 2.38. The third-order valence-electron chi connectivity index (χ3n) is 3.96. The van der Waals surface area contributed by atoms with Crippen LogP contribution in [-0.4, -0.2) is 45.7 Å². The monoisotopic (exact) mass is 360 g/mol. The maximum absolute atomic E-state index is 12.6. The largest absolute Gasteiger partial charge is 0.495 e. The molecule has 25 heavy (non-hydrogen) atoms. The predicted molar refractivity (Wildman–Crippen MR) is 91.4 cm³/mol. The van der Waals surface area contributed by atoms with E-state index in [2.05, 4.69) is 0 Å². The molecule has 0 aromatic heterocycles. The number of carbonyl (C=O) groups is 2. The first-order valence-corrected chi connectivity index (χ1v) is 8.81. The van der Waals surface area contributed by atoms with E-state index in [1.807, 2.05) is 0 Å². The van der Waals surface area contributed by atoms with Gasteiger partial charge < -0.3 is 4.74 Å². The lowest BCUT2D eigenvalue weighted by Crippen LogP contribution is -2.30. The number of ether oxygens (including phenoxy) is 1. The van der Waals surface area contributed by atoms with Crippen LogP contribution in [0.2, 0.25) is 0 Å². The van der Waals surface area contributed by atoms with Crippen molar-refractivity contribution >= 4 is 27.5 Å². The average molecular weight is 360 g/mol. The summed E-state index contributed by atoms with van der Waals surface area (Å²) in [6.45, 7) is 0. The highest BCUT2D eigenvalue weighted by molar-refractivity contribution is 7.89. The number of carbonyl (C=O) groups excluding carboxylic acids is 2. The molecule has 0 N–H and O–H groups in total. The Hall–Kier alpha value is -2.71. The minimum Gasteiger partial charge on any atom is -0.495 e. The highest BCUT2D eigenvalue weighted by atomic mass is 32.2. The Bertz CT molecular complexity index is 947. The molecule has 3 rings (SSSR count). The quantitative estimate of drug-likeness (QED) is 0.776. The Morgan fingerprint density at radius 2 is 1.52 bits per heavy atom. The molecule has 1 aliphatic heterocycles. The maximum atomic E-state index is 12.6. The van der Waals surface area contributed by atoms with Gasteiger partial charge in [0, 0.05) is 20.2 Å². The first kappa shape index (κ1) is 17.1. The Balaban J connectivity index is 2.11. The van der Waals surface area contributed by atoms with Crippen LogP contribution in [0.4, 0.5) is 5.69 Å². The Labute approximate surface area is 145 Å². The number of sulfonamides is 1. The van der Waals surface area contributed by atoms with Gasteiger partial charge in [-0.3, -0.25) is 9.59 Å². The van der Waals surface area contributed by atoms with Crippen molar-refractivity contribution in [3.63, 3.8) is 0 Å². The second-order valence-corrected chi connectivity index (χ2v) is 7.76. The molecule has 0 saturated carbocycles. The summed E-state index contributed by atoms with van der Waals surface area (Å²) in [4.78, 5) is 26.2. The predicted octanol–water partition coefficient (Wildman–Crippen LogP) is 1.75. The van der Waals surface area contributed by atoms with Crippen molar-refractivity contribution in [2.45, 2.75) is 4.90 Å². The lowest BCUT2D eigenvalue weighted by Gasteiger charge is -2.19. The van der Waals surface area contributed by atoms with Gasteiger partial charge in [0.2, 0.25) is 10.0 Å². The first-order valence-electron chi connectivity index (χ1n) is 7.37. The molecular formula is C17H16N2O5S. The zero-order chi connectivity index (χ0) is 18.4. The summed E-state index contributed by atoms with van der Waals surface area (Å²) in [5.74, 6) is -0.818. The molecule has 8 heteroatoms. The van der Waals surface area contributed by atoms with E-state index in [4.69, 9.17) is 4.74 Å². The standard InChI is InChI=1S/C17H16N2O5S/c1-18(2)25(22,23)11-8-9-14(15(10-11)24-3)19-16(20)12-6-4-5-7-13(12)17(19)21/h4-10H,1-3H3. The summed E-state index contributed by atoms with van der Waals surface area (Å²) in [6.07, 6.45) is 0. The summed E-state index contributed by atoms with van der Waals surface area (Å²) in [5, 5.41) is 0. The molecule has 1 aliphatic rings. The number of amides is 2. The number of fused-ring (bicyclic) bond motifs is 1. The molecular weight excluding hydrogens is 344 g/mol. The number of hydrogen-bond acceptors (Lipinski definition) is 5. The van der Waals surface area contributed by atoms with Crippen LogP contribution in [0.5, 0.6) is 5.75 Å². The molecule has 0 unspecified atom stereocenters. The van der Waals surface area contributed by atoms with E-state index in [1.165, 1.54) is 39.4 Å². The Morgan fingerprint density at radius 3 is 2.00 bits per heavy atom.